The van der Waals surface area contributed by atoms with E-state index in [4.69, 9.17) is 5.11 Å². The number of thiazole rings is 1. The first kappa shape index (κ1) is 11.4. The van der Waals surface area contributed by atoms with Gasteiger partial charge in [0, 0.05) is 11.3 Å². The van der Waals surface area contributed by atoms with Gasteiger partial charge in [-0.1, -0.05) is 0 Å². The minimum atomic E-state index is -4.42. The maximum absolute atomic E-state index is 13.3. The van der Waals surface area contributed by atoms with Crippen molar-refractivity contribution in [3.8, 4) is 0 Å². The van der Waals surface area contributed by atoms with E-state index in [1.807, 2.05) is 0 Å². The van der Waals surface area contributed by atoms with Gasteiger partial charge in [0.2, 0.25) is 6.17 Å². The highest BCUT2D eigenvalue weighted by Gasteiger charge is 2.50. The Balaban J connectivity index is 2.19. The van der Waals surface area contributed by atoms with Crippen molar-refractivity contribution in [2.45, 2.75) is 30.9 Å². The number of nitrogens with zero attached hydrogens (tertiary/aromatic N) is 1. The number of rotatable bonds is 4. The number of alkyl halides is 3. The molecule has 1 saturated carbocycles. The van der Waals surface area contributed by atoms with Crippen molar-refractivity contribution in [1.29, 1.82) is 0 Å². The van der Waals surface area contributed by atoms with Crippen molar-refractivity contribution < 1.29 is 23.1 Å². The molecule has 3 nitrogen and oxygen atoms in total. The third kappa shape index (κ3) is 1.91. The summed E-state index contributed by atoms with van der Waals surface area (Å²) < 4.78 is 39.0. The molecule has 0 radical (unpaired) electrons. The summed E-state index contributed by atoms with van der Waals surface area (Å²) in [5.41, 5.74) is -0.487. The number of carbonyl (C=O) groups is 1. The maximum atomic E-state index is 13.3. The topological polar surface area (TPSA) is 50.2 Å². The standard InChI is InChI=1S/C9H8F3NO2S/c10-6(9(11,12)8(14)15)5-3-16-7(13-5)4-1-2-4/h3-4,6H,1-2H2,(H,14,15). The van der Waals surface area contributed by atoms with Gasteiger partial charge in [0.1, 0.15) is 0 Å². The molecule has 2 rings (SSSR count). The van der Waals surface area contributed by atoms with Crippen LogP contribution in [0.4, 0.5) is 13.2 Å². The lowest BCUT2D eigenvalue weighted by molar-refractivity contribution is -0.175. The van der Waals surface area contributed by atoms with E-state index >= 15 is 0 Å². The number of aliphatic carboxylic acids is 1. The highest BCUT2D eigenvalue weighted by atomic mass is 32.1. The molecule has 0 aromatic carbocycles. The van der Waals surface area contributed by atoms with E-state index in [0.717, 1.165) is 29.6 Å². The number of carboxylic acid groups (broad SMARTS) is 1. The third-order valence-electron chi connectivity index (χ3n) is 2.33. The average molecular weight is 251 g/mol. The molecule has 1 N–H and O–H groups in total. The summed E-state index contributed by atoms with van der Waals surface area (Å²) in [6.07, 6.45) is -1.02. The highest BCUT2D eigenvalue weighted by molar-refractivity contribution is 7.09. The quantitative estimate of drug-likeness (QED) is 0.895. The van der Waals surface area contributed by atoms with Gasteiger partial charge in [0.25, 0.3) is 0 Å². The van der Waals surface area contributed by atoms with Crippen molar-refractivity contribution in [3.05, 3.63) is 16.1 Å². The minimum Gasteiger partial charge on any atom is -0.477 e. The zero-order valence-corrected chi connectivity index (χ0v) is 8.81. The zero-order chi connectivity index (χ0) is 11.9. The summed E-state index contributed by atoms with van der Waals surface area (Å²) in [5.74, 6) is -6.65. The predicted molar refractivity (Wildman–Crippen MR) is 50.5 cm³/mol. The smallest absolute Gasteiger partial charge is 0.378 e. The van der Waals surface area contributed by atoms with E-state index in [-0.39, 0.29) is 5.92 Å². The lowest BCUT2D eigenvalue weighted by atomic mass is 10.1. The van der Waals surface area contributed by atoms with Gasteiger partial charge in [-0.05, 0) is 12.8 Å². The minimum absolute atomic E-state index is 0.240. The summed E-state index contributed by atoms with van der Waals surface area (Å²) in [4.78, 5) is 13.9. The first-order valence-electron chi connectivity index (χ1n) is 4.63. The summed E-state index contributed by atoms with van der Waals surface area (Å²) in [6.45, 7) is 0. The van der Waals surface area contributed by atoms with Crippen LogP contribution in [-0.4, -0.2) is 22.0 Å². The number of hydrogen-bond acceptors (Lipinski definition) is 3. The molecule has 1 aliphatic rings. The van der Waals surface area contributed by atoms with Crippen molar-refractivity contribution >= 4 is 17.3 Å². The Bertz CT molecular complexity index is 417. The highest BCUT2D eigenvalue weighted by Crippen LogP contribution is 2.43. The van der Waals surface area contributed by atoms with E-state index in [1.165, 1.54) is 0 Å². The predicted octanol–water partition coefficient (Wildman–Crippen LogP) is 2.75. The summed E-state index contributed by atoms with van der Waals surface area (Å²) in [5, 5.41) is 9.96. The molecule has 7 heteroatoms. The lowest BCUT2D eigenvalue weighted by Gasteiger charge is -2.13. The molecule has 1 fully saturated rings. The number of aromatic nitrogens is 1. The van der Waals surface area contributed by atoms with Crippen LogP contribution in [0.25, 0.3) is 0 Å². The molecule has 1 aliphatic carbocycles. The van der Waals surface area contributed by atoms with Crippen LogP contribution in [0.1, 0.15) is 35.6 Å². The molecule has 0 saturated heterocycles. The second kappa shape index (κ2) is 3.73. The second-order valence-corrected chi connectivity index (χ2v) is 4.57. The fourth-order valence-corrected chi connectivity index (χ4v) is 2.23. The molecule has 1 unspecified atom stereocenters. The largest absolute Gasteiger partial charge is 0.477 e. The third-order valence-corrected chi connectivity index (χ3v) is 3.35. The summed E-state index contributed by atoms with van der Waals surface area (Å²) in [7, 11) is 0. The molecule has 0 spiro atoms. The lowest BCUT2D eigenvalue weighted by Crippen LogP contribution is -2.33. The summed E-state index contributed by atoms with van der Waals surface area (Å²) in [6, 6.07) is 0. The van der Waals surface area contributed by atoms with Gasteiger partial charge in [-0.25, -0.2) is 14.2 Å². The Kier molecular flexibility index (Phi) is 2.65. The number of hydrogen-bond donors (Lipinski definition) is 1. The van der Waals surface area contributed by atoms with Crippen molar-refractivity contribution in [3.63, 3.8) is 0 Å². The Morgan fingerprint density at radius 2 is 2.25 bits per heavy atom. The van der Waals surface area contributed by atoms with Gasteiger partial charge in [0.05, 0.1) is 10.7 Å². The van der Waals surface area contributed by atoms with E-state index in [9.17, 15) is 18.0 Å². The Hall–Kier alpha value is -1.11. The maximum Gasteiger partial charge on any atom is 0.378 e. The molecule has 0 bridgehead atoms. The fraction of sp³-hybridized carbons (Fsp3) is 0.556. The van der Waals surface area contributed by atoms with Gasteiger partial charge < -0.3 is 5.11 Å². The molecule has 88 valence electrons. The number of halogens is 3. The van der Waals surface area contributed by atoms with E-state index < -0.39 is 23.8 Å². The summed E-state index contributed by atoms with van der Waals surface area (Å²) >= 11 is 1.10. The molecule has 1 heterocycles. The average Bonchev–Trinajstić information content (AvgIpc) is 2.95. The molecule has 16 heavy (non-hydrogen) atoms. The van der Waals surface area contributed by atoms with Gasteiger partial charge >= 0.3 is 11.9 Å². The Labute approximate surface area is 92.9 Å². The Morgan fingerprint density at radius 3 is 2.75 bits per heavy atom. The molecule has 1 aromatic rings. The SMILES string of the molecule is O=C(O)C(F)(F)C(F)c1csc(C2CC2)n1. The normalized spacial score (nSPS) is 18.4. The first-order chi connectivity index (χ1) is 7.43. The molecular formula is C9H8F3NO2S. The van der Waals surface area contributed by atoms with Crippen LogP contribution in [-0.2, 0) is 4.79 Å². The number of carboxylic acids is 1. The van der Waals surface area contributed by atoms with Crippen molar-refractivity contribution in [2.24, 2.45) is 0 Å². The van der Waals surface area contributed by atoms with Gasteiger partial charge in [0.15, 0.2) is 0 Å². The van der Waals surface area contributed by atoms with Gasteiger partial charge in [-0.2, -0.15) is 8.78 Å². The van der Waals surface area contributed by atoms with E-state index in [0.29, 0.717) is 5.01 Å². The molecule has 1 atom stereocenters. The fourth-order valence-electron chi connectivity index (χ4n) is 1.23. The monoisotopic (exact) mass is 251 g/mol. The van der Waals surface area contributed by atoms with E-state index in [1.54, 1.807) is 0 Å². The van der Waals surface area contributed by atoms with Crippen molar-refractivity contribution in [1.82, 2.24) is 4.98 Å². The van der Waals surface area contributed by atoms with Crippen LogP contribution in [0, 0.1) is 0 Å². The van der Waals surface area contributed by atoms with Crippen LogP contribution in [0.3, 0.4) is 0 Å². The van der Waals surface area contributed by atoms with Crippen LogP contribution < -0.4 is 0 Å². The molecule has 1 aromatic heterocycles. The van der Waals surface area contributed by atoms with E-state index in [2.05, 4.69) is 4.98 Å². The molecular weight excluding hydrogens is 243 g/mol. The Morgan fingerprint density at radius 1 is 1.62 bits per heavy atom. The first-order valence-corrected chi connectivity index (χ1v) is 5.51. The molecule has 0 amide bonds. The van der Waals surface area contributed by atoms with Crippen LogP contribution in [0.15, 0.2) is 5.38 Å². The van der Waals surface area contributed by atoms with Gasteiger partial charge in [-0.3, -0.25) is 0 Å². The second-order valence-electron chi connectivity index (χ2n) is 3.68. The van der Waals surface area contributed by atoms with Crippen LogP contribution in [0.5, 0.6) is 0 Å². The van der Waals surface area contributed by atoms with Crippen molar-refractivity contribution in [2.75, 3.05) is 0 Å². The van der Waals surface area contributed by atoms with Gasteiger partial charge in [-0.15, -0.1) is 11.3 Å². The van der Waals surface area contributed by atoms with Crippen LogP contribution >= 0.6 is 11.3 Å². The zero-order valence-electron chi connectivity index (χ0n) is 7.99. The van der Waals surface area contributed by atoms with Crippen LogP contribution in [0.2, 0.25) is 0 Å². The molecule has 0 aliphatic heterocycles.